The van der Waals surface area contributed by atoms with E-state index in [9.17, 15) is 9.59 Å². The van der Waals surface area contributed by atoms with Gasteiger partial charge in [-0.1, -0.05) is 5.16 Å². The van der Waals surface area contributed by atoms with Crippen LogP contribution in [0.2, 0.25) is 0 Å². The Morgan fingerprint density at radius 1 is 1.36 bits per heavy atom. The van der Waals surface area contributed by atoms with E-state index in [1.807, 2.05) is 13.0 Å². The molecule has 25 heavy (non-hydrogen) atoms. The van der Waals surface area contributed by atoms with Gasteiger partial charge in [-0.15, -0.1) is 0 Å². The van der Waals surface area contributed by atoms with Crippen LogP contribution >= 0.6 is 0 Å². The number of likely N-dealkylation sites (tertiary alicyclic amines) is 1. The van der Waals surface area contributed by atoms with Crippen molar-refractivity contribution in [1.82, 2.24) is 15.0 Å². The lowest BCUT2D eigenvalue weighted by molar-refractivity contribution is 0.0729. The normalized spacial score (nSPS) is 17.2. The number of pyridine rings is 1. The van der Waals surface area contributed by atoms with Gasteiger partial charge in [0.2, 0.25) is 0 Å². The molecule has 0 saturated carbocycles. The minimum atomic E-state index is -0.430. The molecule has 1 aliphatic heterocycles. The zero-order valence-corrected chi connectivity index (χ0v) is 13.7. The lowest BCUT2D eigenvalue weighted by atomic mass is 10.1. The van der Waals surface area contributed by atoms with E-state index in [1.165, 1.54) is 6.26 Å². The molecule has 0 radical (unpaired) electrons. The highest BCUT2D eigenvalue weighted by molar-refractivity contribution is 5.94. The molecule has 7 heteroatoms. The predicted molar refractivity (Wildman–Crippen MR) is 89.0 cm³/mol. The number of nitrogens with zero attached hydrogens (tertiary/aromatic N) is 2. The van der Waals surface area contributed by atoms with Crippen molar-refractivity contribution in [3.63, 3.8) is 0 Å². The van der Waals surface area contributed by atoms with Gasteiger partial charge in [-0.25, -0.2) is 0 Å². The van der Waals surface area contributed by atoms with Crippen molar-refractivity contribution in [2.45, 2.75) is 25.8 Å². The average molecular weight is 339 g/mol. The SMILES string of the molecule is Cc1cc([C@@H]2CCCN2C(=O)c2ccc(-c3ccco3)[nH]c2=O)no1. The van der Waals surface area contributed by atoms with Crippen molar-refractivity contribution in [1.29, 1.82) is 0 Å². The van der Waals surface area contributed by atoms with Crippen LogP contribution in [-0.2, 0) is 0 Å². The summed E-state index contributed by atoms with van der Waals surface area (Å²) in [6, 6.07) is 8.38. The van der Waals surface area contributed by atoms with Gasteiger partial charge >= 0.3 is 0 Å². The number of aromatic nitrogens is 2. The Labute approximate surface area is 143 Å². The van der Waals surface area contributed by atoms with Crippen molar-refractivity contribution in [3.05, 3.63) is 64.0 Å². The fraction of sp³-hybridized carbons (Fsp3) is 0.278. The largest absolute Gasteiger partial charge is 0.463 e. The smallest absolute Gasteiger partial charge is 0.261 e. The molecule has 4 rings (SSSR count). The summed E-state index contributed by atoms with van der Waals surface area (Å²) in [6.07, 6.45) is 3.20. The first-order valence-corrected chi connectivity index (χ1v) is 8.15. The molecule has 1 fully saturated rings. The highest BCUT2D eigenvalue weighted by Crippen LogP contribution is 2.32. The lowest BCUT2D eigenvalue weighted by Gasteiger charge is -2.22. The van der Waals surface area contributed by atoms with Crippen LogP contribution in [0.1, 0.15) is 40.7 Å². The standard InChI is InChI=1S/C18H17N3O4/c1-11-10-14(20-25-11)15-4-2-8-21(15)18(23)12-6-7-13(19-17(12)22)16-5-3-9-24-16/h3,5-7,9-10,15H,2,4,8H2,1H3,(H,19,22)/t15-/m0/s1. The third kappa shape index (κ3) is 2.77. The first-order valence-electron chi connectivity index (χ1n) is 8.15. The van der Waals surface area contributed by atoms with Gasteiger partial charge in [0.1, 0.15) is 22.8 Å². The van der Waals surface area contributed by atoms with Gasteiger partial charge in [-0.2, -0.15) is 0 Å². The summed E-state index contributed by atoms with van der Waals surface area (Å²) in [7, 11) is 0. The van der Waals surface area contributed by atoms with E-state index in [-0.39, 0.29) is 17.5 Å². The zero-order chi connectivity index (χ0) is 17.4. The number of carbonyl (C=O) groups is 1. The quantitative estimate of drug-likeness (QED) is 0.792. The first-order chi connectivity index (χ1) is 12.1. The maximum atomic E-state index is 12.9. The Morgan fingerprint density at radius 2 is 2.24 bits per heavy atom. The molecule has 3 aromatic heterocycles. The summed E-state index contributed by atoms with van der Waals surface area (Å²) in [5.41, 5.74) is 0.951. The number of carbonyl (C=O) groups excluding carboxylic acids is 1. The monoisotopic (exact) mass is 339 g/mol. The van der Waals surface area contributed by atoms with Crippen LogP contribution in [0.3, 0.4) is 0 Å². The van der Waals surface area contributed by atoms with Crippen LogP contribution in [0.5, 0.6) is 0 Å². The van der Waals surface area contributed by atoms with Gasteiger partial charge in [0.25, 0.3) is 11.5 Å². The Hall–Kier alpha value is -3.09. The van der Waals surface area contributed by atoms with E-state index < -0.39 is 5.56 Å². The fourth-order valence-electron chi connectivity index (χ4n) is 3.23. The highest BCUT2D eigenvalue weighted by Gasteiger charge is 2.33. The lowest BCUT2D eigenvalue weighted by Crippen LogP contribution is -2.34. The summed E-state index contributed by atoms with van der Waals surface area (Å²) in [5, 5.41) is 4.03. The molecular formula is C18H17N3O4. The van der Waals surface area contributed by atoms with E-state index in [2.05, 4.69) is 10.1 Å². The number of aryl methyl sites for hydroxylation is 1. The molecule has 1 aliphatic rings. The molecule has 4 heterocycles. The predicted octanol–water partition coefficient (Wildman–Crippen LogP) is 2.91. The van der Waals surface area contributed by atoms with Gasteiger partial charge in [-0.05, 0) is 44.0 Å². The van der Waals surface area contributed by atoms with Crippen molar-refractivity contribution in [2.24, 2.45) is 0 Å². The van der Waals surface area contributed by atoms with Gasteiger partial charge in [0.05, 0.1) is 18.0 Å². The zero-order valence-electron chi connectivity index (χ0n) is 13.7. The molecule has 1 amide bonds. The van der Waals surface area contributed by atoms with Crippen LogP contribution in [-0.4, -0.2) is 27.5 Å². The minimum absolute atomic E-state index is 0.113. The summed E-state index contributed by atoms with van der Waals surface area (Å²) in [6.45, 7) is 2.41. The first kappa shape index (κ1) is 15.4. The molecule has 1 N–H and O–H groups in total. The molecule has 1 saturated heterocycles. The number of furan rings is 1. The molecule has 7 nitrogen and oxygen atoms in total. The number of amides is 1. The van der Waals surface area contributed by atoms with Crippen LogP contribution in [0, 0.1) is 6.92 Å². The number of hydrogen-bond acceptors (Lipinski definition) is 5. The number of nitrogens with one attached hydrogen (secondary N) is 1. The number of H-pyrrole nitrogens is 1. The summed E-state index contributed by atoms with van der Waals surface area (Å²) in [4.78, 5) is 29.7. The number of rotatable bonds is 3. The van der Waals surface area contributed by atoms with E-state index in [0.717, 1.165) is 18.5 Å². The molecule has 128 valence electrons. The second-order valence-electron chi connectivity index (χ2n) is 6.11. The Kier molecular flexibility index (Phi) is 3.76. The second-order valence-corrected chi connectivity index (χ2v) is 6.11. The van der Waals surface area contributed by atoms with Gasteiger partial charge < -0.3 is 18.8 Å². The maximum Gasteiger partial charge on any atom is 0.261 e. The van der Waals surface area contributed by atoms with Crippen LogP contribution < -0.4 is 5.56 Å². The van der Waals surface area contributed by atoms with E-state index in [0.29, 0.717) is 23.8 Å². The number of aromatic amines is 1. The minimum Gasteiger partial charge on any atom is -0.463 e. The van der Waals surface area contributed by atoms with E-state index in [4.69, 9.17) is 8.94 Å². The third-order valence-corrected chi connectivity index (χ3v) is 4.43. The van der Waals surface area contributed by atoms with Gasteiger partial charge in [0.15, 0.2) is 0 Å². The van der Waals surface area contributed by atoms with E-state index in [1.54, 1.807) is 29.2 Å². The molecule has 0 bridgehead atoms. The Bertz CT molecular complexity index is 955. The molecule has 0 aromatic carbocycles. The van der Waals surface area contributed by atoms with Crippen molar-refractivity contribution in [2.75, 3.05) is 6.54 Å². The van der Waals surface area contributed by atoms with Crippen LogP contribution in [0.15, 0.2) is 50.3 Å². The summed E-state index contributed by atoms with van der Waals surface area (Å²) in [5.74, 6) is 0.957. The maximum absolute atomic E-state index is 12.9. The molecule has 0 aliphatic carbocycles. The molecule has 0 unspecified atom stereocenters. The Morgan fingerprint density at radius 3 is 2.92 bits per heavy atom. The Balaban J connectivity index is 1.63. The van der Waals surface area contributed by atoms with Crippen molar-refractivity contribution in [3.8, 4) is 11.5 Å². The topological polar surface area (TPSA) is 92.3 Å². The van der Waals surface area contributed by atoms with E-state index >= 15 is 0 Å². The van der Waals surface area contributed by atoms with Gasteiger partial charge in [-0.3, -0.25) is 9.59 Å². The summed E-state index contributed by atoms with van der Waals surface area (Å²) < 4.78 is 10.4. The molecular weight excluding hydrogens is 322 g/mol. The van der Waals surface area contributed by atoms with Crippen LogP contribution in [0.4, 0.5) is 0 Å². The van der Waals surface area contributed by atoms with Gasteiger partial charge in [0, 0.05) is 12.6 Å². The van der Waals surface area contributed by atoms with Crippen molar-refractivity contribution >= 4 is 5.91 Å². The fourth-order valence-corrected chi connectivity index (χ4v) is 3.23. The second kappa shape index (κ2) is 6.08. The number of hydrogen-bond donors (Lipinski definition) is 1. The van der Waals surface area contributed by atoms with Crippen molar-refractivity contribution < 1.29 is 13.7 Å². The average Bonchev–Trinajstić information content (AvgIpc) is 3.35. The van der Waals surface area contributed by atoms with Crippen LogP contribution in [0.25, 0.3) is 11.5 Å². The third-order valence-electron chi connectivity index (χ3n) is 4.43. The summed E-state index contributed by atoms with van der Waals surface area (Å²) >= 11 is 0. The molecule has 3 aromatic rings. The highest BCUT2D eigenvalue weighted by atomic mass is 16.5. The molecule has 0 spiro atoms. The molecule has 1 atom stereocenters.